The normalized spacial score (nSPS) is 26.1. The van der Waals surface area contributed by atoms with E-state index in [4.69, 9.17) is 0 Å². The van der Waals surface area contributed by atoms with Gasteiger partial charge in [-0.2, -0.15) is 0 Å². The van der Waals surface area contributed by atoms with Gasteiger partial charge in [-0.25, -0.2) is 0 Å². The Kier molecular flexibility index (Phi) is 2.28. The van der Waals surface area contributed by atoms with Crippen molar-refractivity contribution in [3.05, 3.63) is 65.1 Å². The van der Waals surface area contributed by atoms with Gasteiger partial charge in [0.1, 0.15) is 11.7 Å². The van der Waals surface area contributed by atoms with Crippen LogP contribution in [-0.2, 0) is 6.42 Å². The van der Waals surface area contributed by atoms with Crippen LogP contribution in [0.3, 0.4) is 0 Å². The Morgan fingerprint density at radius 2 is 1.77 bits per heavy atom. The minimum Gasteiger partial charge on any atom is -0.384 e. The molecule has 22 heavy (non-hydrogen) atoms. The van der Waals surface area contributed by atoms with Crippen LogP contribution in [0.1, 0.15) is 22.8 Å². The molecule has 3 aromatic rings. The molecule has 3 unspecified atom stereocenters. The first-order chi connectivity index (χ1) is 10.7. The van der Waals surface area contributed by atoms with Crippen LogP contribution in [0.15, 0.2) is 42.5 Å². The zero-order valence-electron chi connectivity index (χ0n) is 11.8. The molecule has 3 atom stereocenters. The third kappa shape index (κ3) is 1.34. The van der Waals surface area contributed by atoms with Crippen molar-refractivity contribution in [2.45, 2.75) is 24.7 Å². The Balaban J connectivity index is 1.95. The van der Waals surface area contributed by atoms with Crippen molar-refractivity contribution in [2.24, 2.45) is 0 Å². The number of aliphatic hydroxyl groups is 3. The van der Waals surface area contributed by atoms with Crippen LogP contribution in [0.4, 0.5) is 0 Å². The van der Waals surface area contributed by atoms with Crippen LogP contribution in [0.5, 0.6) is 0 Å². The molecule has 3 aromatic carbocycles. The molecule has 0 saturated heterocycles. The van der Waals surface area contributed by atoms with Crippen molar-refractivity contribution in [3.63, 3.8) is 0 Å². The van der Waals surface area contributed by atoms with Crippen LogP contribution in [0.2, 0.25) is 0 Å². The highest BCUT2D eigenvalue weighted by atomic mass is 16.4. The molecule has 0 radical (unpaired) electrons. The van der Waals surface area contributed by atoms with E-state index in [0.29, 0.717) is 6.42 Å². The Morgan fingerprint density at radius 3 is 2.64 bits per heavy atom. The first-order valence-corrected chi connectivity index (χ1v) is 7.54. The first kappa shape index (κ1) is 12.5. The summed E-state index contributed by atoms with van der Waals surface area (Å²) in [6.07, 6.45) is -2.54. The molecule has 3 nitrogen and oxygen atoms in total. The number of benzene rings is 3. The van der Waals surface area contributed by atoms with Crippen molar-refractivity contribution >= 4 is 21.5 Å². The lowest BCUT2D eigenvalue weighted by atomic mass is 9.78. The largest absolute Gasteiger partial charge is 0.384 e. The van der Waals surface area contributed by atoms with Gasteiger partial charge in [0.15, 0.2) is 12.2 Å². The van der Waals surface area contributed by atoms with Gasteiger partial charge in [-0.3, -0.25) is 0 Å². The summed E-state index contributed by atoms with van der Waals surface area (Å²) in [7, 11) is 0. The van der Waals surface area contributed by atoms with E-state index < -0.39 is 18.3 Å². The van der Waals surface area contributed by atoms with E-state index in [0.717, 1.165) is 27.8 Å². The highest BCUT2D eigenvalue weighted by molar-refractivity contribution is 6.12. The van der Waals surface area contributed by atoms with E-state index in [1.54, 1.807) is 0 Å². The molecular weight excluding hydrogens is 276 g/mol. The smallest absolute Gasteiger partial charge is 0.154 e. The molecule has 5 rings (SSSR count). The van der Waals surface area contributed by atoms with Crippen LogP contribution in [-0.4, -0.2) is 27.5 Å². The van der Waals surface area contributed by atoms with Crippen molar-refractivity contribution in [1.82, 2.24) is 0 Å². The Hall–Kier alpha value is -2.07. The number of rotatable bonds is 0. The second-order valence-corrected chi connectivity index (χ2v) is 6.29. The number of hydrogen-bond acceptors (Lipinski definition) is 3. The van der Waals surface area contributed by atoms with E-state index >= 15 is 0 Å². The van der Waals surface area contributed by atoms with Crippen LogP contribution < -0.4 is 0 Å². The number of aliphatic hydroxyl groups excluding tert-OH is 3. The van der Waals surface area contributed by atoms with Crippen LogP contribution >= 0.6 is 0 Å². The predicted molar refractivity (Wildman–Crippen MR) is 84.5 cm³/mol. The fourth-order valence-electron chi connectivity index (χ4n) is 4.15. The molecule has 3 heteroatoms. The highest BCUT2D eigenvalue weighted by Gasteiger charge is 2.51. The third-order valence-electron chi connectivity index (χ3n) is 5.16. The summed E-state index contributed by atoms with van der Waals surface area (Å²) in [5.41, 5.74) is 2.85. The summed E-state index contributed by atoms with van der Waals surface area (Å²) in [6.45, 7) is 0. The predicted octanol–water partition coefficient (Wildman–Crippen LogP) is 2.24. The summed E-state index contributed by atoms with van der Waals surface area (Å²) in [4.78, 5) is 0. The lowest BCUT2D eigenvalue weighted by molar-refractivity contribution is -0.0604. The Bertz CT molecular complexity index is 931. The van der Waals surface area contributed by atoms with Crippen molar-refractivity contribution in [3.8, 4) is 0 Å². The Labute approximate surface area is 127 Å². The quantitative estimate of drug-likeness (QED) is 0.440. The van der Waals surface area contributed by atoms with Crippen molar-refractivity contribution < 1.29 is 15.3 Å². The van der Waals surface area contributed by atoms with Gasteiger partial charge in [0.25, 0.3) is 0 Å². The molecule has 0 spiro atoms. The van der Waals surface area contributed by atoms with Crippen LogP contribution in [0.25, 0.3) is 21.5 Å². The van der Waals surface area contributed by atoms with E-state index in [9.17, 15) is 15.3 Å². The van der Waals surface area contributed by atoms with Gasteiger partial charge in [0.05, 0.1) is 23.3 Å². The van der Waals surface area contributed by atoms with Gasteiger partial charge in [0, 0.05) is 22.4 Å². The third-order valence-corrected chi connectivity index (χ3v) is 5.16. The number of fused-ring (bicyclic) bond motifs is 2. The molecule has 0 aromatic heterocycles. The maximum atomic E-state index is 10.4. The summed E-state index contributed by atoms with van der Waals surface area (Å²) in [5, 5.41) is 35.4. The van der Waals surface area contributed by atoms with Crippen molar-refractivity contribution in [1.29, 1.82) is 0 Å². The van der Waals surface area contributed by atoms with Gasteiger partial charge < -0.3 is 15.3 Å². The highest BCUT2D eigenvalue weighted by Crippen LogP contribution is 2.49. The average molecular weight is 291 g/mol. The van der Waals surface area contributed by atoms with Gasteiger partial charge in [-0.15, -0.1) is 0 Å². The maximum absolute atomic E-state index is 10.4. The minimum absolute atomic E-state index is 0.638. The number of hydrogen-bond donors (Lipinski definition) is 3. The lowest BCUT2D eigenvalue weighted by Gasteiger charge is -2.29. The minimum atomic E-state index is -1.15. The van der Waals surface area contributed by atoms with Gasteiger partial charge >= 0.3 is 0 Å². The zero-order chi connectivity index (χ0) is 15.0. The van der Waals surface area contributed by atoms with Gasteiger partial charge in [-0.1, -0.05) is 24.3 Å². The molecule has 0 bridgehead atoms. The average Bonchev–Trinajstić information content (AvgIpc) is 2.93. The molecule has 0 fully saturated rings. The summed E-state index contributed by atoms with van der Waals surface area (Å²) in [5.74, 6) is 0.837. The molecule has 0 amide bonds. The maximum Gasteiger partial charge on any atom is 0.154 e. The standard InChI is InChI=1S/C19H15O3/c20-17-13-6-5-12-11-4-2-1-3-9(11)7-10-8-14(16(13)15(10)12)18(21)19(17)22/h1-7,17-22H,8H2/q+1. The molecule has 0 aliphatic heterocycles. The summed E-state index contributed by atoms with van der Waals surface area (Å²) >= 11 is 0. The van der Waals surface area contributed by atoms with E-state index in [2.05, 4.69) is 18.2 Å². The van der Waals surface area contributed by atoms with Gasteiger partial charge in [0.2, 0.25) is 0 Å². The molecular formula is C19H15O3+. The molecule has 108 valence electrons. The summed E-state index contributed by atoms with van der Waals surface area (Å²) in [6, 6.07) is 14.3. The van der Waals surface area contributed by atoms with Crippen molar-refractivity contribution in [2.75, 3.05) is 0 Å². The molecule has 2 aliphatic rings. The monoisotopic (exact) mass is 291 g/mol. The van der Waals surface area contributed by atoms with E-state index in [-0.39, 0.29) is 0 Å². The molecule has 0 heterocycles. The second-order valence-electron chi connectivity index (χ2n) is 6.29. The fourth-order valence-corrected chi connectivity index (χ4v) is 4.15. The summed E-state index contributed by atoms with van der Waals surface area (Å²) < 4.78 is 0. The Morgan fingerprint density at radius 1 is 0.955 bits per heavy atom. The first-order valence-electron chi connectivity index (χ1n) is 7.54. The molecule has 2 aliphatic carbocycles. The SMILES string of the molecule is OC1c2ccc3c4c(cc5ccccc53)C[C+](c24)C(O)C1O. The zero-order valence-corrected chi connectivity index (χ0v) is 11.8. The van der Waals surface area contributed by atoms with E-state index in [1.807, 2.05) is 24.3 Å². The fraction of sp³-hybridized carbons (Fsp3) is 0.211. The topological polar surface area (TPSA) is 60.7 Å². The lowest BCUT2D eigenvalue weighted by Crippen LogP contribution is -2.41. The molecule has 3 N–H and O–H groups in total. The molecule has 0 saturated carbocycles. The van der Waals surface area contributed by atoms with Crippen LogP contribution in [0, 0.1) is 5.92 Å². The second kappa shape index (κ2) is 4.02. The van der Waals surface area contributed by atoms with E-state index in [1.165, 1.54) is 16.3 Å². The van der Waals surface area contributed by atoms with Gasteiger partial charge in [-0.05, 0) is 17.5 Å².